The number of nitrogens with two attached hydrogens (primary N) is 1. The number of aryl methyl sites for hydroxylation is 1. The number of anilines is 1. The second-order valence-corrected chi connectivity index (χ2v) is 8.08. The standard InChI is InChI=1S/C18H20BrN7/c1-11-16(19)26-13(2-5-23-26)17(24-11)25-8-3-18(4-9-25)10-12-14(15(18)20)22-7-6-21-12/h2,5-7,15H,3-4,8-10,20H2,1H3. The highest BCUT2D eigenvalue weighted by Crippen LogP contribution is 2.49. The van der Waals surface area contributed by atoms with E-state index in [0.29, 0.717) is 0 Å². The summed E-state index contributed by atoms with van der Waals surface area (Å²) in [7, 11) is 0. The van der Waals surface area contributed by atoms with Gasteiger partial charge in [-0.15, -0.1) is 0 Å². The fraction of sp³-hybridized carbons (Fsp3) is 0.444. The molecular weight excluding hydrogens is 394 g/mol. The van der Waals surface area contributed by atoms with E-state index in [4.69, 9.17) is 10.7 Å². The van der Waals surface area contributed by atoms with Crippen molar-refractivity contribution in [3.05, 3.63) is 46.3 Å². The Hall–Kier alpha value is -2.06. The molecule has 1 spiro atoms. The quantitative estimate of drug-likeness (QED) is 0.659. The zero-order valence-electron chi connectivity index (χ0n) is 14.6. The SMILES string of the molecule is Cc1nc(N2CCC3(CC2)Cc2nccnc2C3N)c2ccnn2c1Br. The van der Waals surface area contributed by atoms with Gasteiger partial charge in [-0.1, -0.05) is 0 Å². The Morgan fingerprint density at radius 2 is 1.96 bits per heavy atom. The Labute approximate surface area is 159 Å². The van der Waals surface area contributed by atoms with Gasteiger partial charge < -0.3 is 10.6 Å². The molecule has 1 fully saturated rings. The van der Waals surface area contributed by atoms with Crippen LogP contribution in [0.3, 0.4) is 0 Å². The second kappa shape index (κ2) is 5.72. The molecule has 0 saturated carbocycles. The van der Waals surface area contributed by atoms with Gasteiger partial charge in [0.05, 0.1) is 29.3 Å². The molecule has 3 aromatic rings. The first-order valence-corrected chi connectivity index (χ1v) is 9.68. The molecule has 8 heteroatoms. The molecule has 0 amide bonds. The fourth-order valence-corrected chi connectivity index (χ4v) is 4.81. The highest BCUT2D eigenvalue weighted by molar-refractivity contribution is 9.10. The van der Waals surface area contributed by atoms with Crippen molar-refractivity contribution in [2.75, 3.05) is 18.0 Å². The van der Waals surface area contributed by atoms with E-state index in [-0.39, 0.29) is 11.5 Å². The van der Waals surface area contributed by atoms with Gasteiger partial charge in [0.25, 0.3) is 0 Å². The molecule has 0 aromatic carbocycles. The van der Waals surface area contributed by atoms with Crippen LogP contribution in [0.5, 0.6) is 0 Å². The fourth-order valence-electron chi connectivity index (χ4n) is 4.44. The highest BCUT2D eigenvalue weighted by Gasteiger charge is 2.47. The van der Waals surface area contributed by atoms with Crippen molar-refractivity contribution in [1.29, 1.82) is 0 Å². The van der Waals surface area contributed by atoms with Crippen LogP contribution in [-0.4, -0.2) is 37.7 Å². The number of hydrogen-bond acceptors (Lipinski definition) is 6. The number of rotatable bonds is 1. The lowest BCUT2D eigenvalue weighted by molar-refractivity contribution is 0.185. The smallest absolute Gasteiger partial charge is 0.155 e. The van der Waals surface area contributed by atoms with Gasteiger partial charge in [0.1, 0.15) is 10.1 Å². The van der Waals surface area contributed by atoms with Crippen molar-refractivity contribution in [3.63, 3.8) is 0 Å². The maximum atomic E-state index is 6.60. The minimum Gasteiger partial charge on any atom is -0.355 e. The van der Waals surface area contributed by atoms with Gasteiger partial charge in [0.2, 0.25) is 0 Å². The molecule has 26 heavy (non-hydrogen) atoms. The summed E-state index contributed by atoms with van der Waals surface area (Å²) in [6, 6.07) is 1.99. The number of hydrogen-bond donors (Lipinski definition) is 1. The van der Waals surface area contributed by atoms with E-state index in [9.17, 15) is 0 Å². The molecule has 0 bridgehead atoms. The first-order valence-electron chi connectivity index (χ1n) is 8.89. The number of nitrogens with zero attached hydrogens (tertiary/aromatic N) is 6. The lowest BCUT2D eigenvalue weighted by atomic mass is 9.73. The van der Waals surface area contributed by atoms with Gasteiger partial charge in [-0.05, 0) is 48.2 Å². The molecule has 134 valence electrons. The summed E-state index contributed by atoms with van der Waals surface area (Å²) in [4.78, 5) is 16.2. The molecule has 4 heterocycles. The van der Waals surface area contributed by atoms with E-state index >= 15 is 0 Å². The van der Waals surface area contributed by atoms with Crippen LogP contribution in [0.2, 0.25) is 0 Å². The van der Waals surface area contributed by atoms with E-state index in [1.165, 1.54) is 0 Å². The second-order valence-electron chi connectivity index (χ2n) is 7.33. The largest absolute Gasteiger partial charge is 0.355 e. The highest BCUT2D eigenvalue weighted by atomic mass is 79.9. The molecule has 2 N–H and O–H groups in total. The average Bonchev–Trinajstić information content (AvgIpc) is 3.24. The summed E-state index contributed by atoms with van der Waals surface area (Å²) in [6.45, 7) is 3.86. The van der Waals surface area contributed by atoms with E-state index in [1.807, 2.05) is 23.7 Å². The third-order valence-corrected chi connectivity index (χ3v) is 6.88. The molecule has 1 aliphatic carbocycles. The molecule has 1 atom stereocenters. The average molecular weight is 414 g/mol. The van der Waals surface area contributed by atoms with Crippen LogP contribution in [0.4, 0.5) is 5.82 Å². The Morgan fingerprint density at radius 1 is 1.19 bits per heavy atom. The summed E-state index contributed by atoms with van der Waals surface area (Å²) in [5.74, 6) is 0.999. The first-order chi connectivity index (χ1) is 12.6. The molecule has 1 unspecified atom stereocenters. The molecule has 1 aliphatic heterocycles. The maximum absolute atomic E-state index is 6.60. The van der Waals surface area contributed by atoms with Crippen LogP contribution in [0.1, 0.15) is 36.0 Å². The minimum atomic E-state index is -0.0250. The third kappa shape index (κ3) is 2.21. The van der Waals surface area contributed by atoms with Crippen molar-refractivity contribution >= 4 is 27.3 Å². The van der Waals surface area contributed by atoms with Crippen molar-refractivity contribution in [2.24, 2.45) is 11.1 Å². The van der Waals surface area contributed by atoms with Crippen LogP contribution >= 0.6 is 15.9 Å². The predicted octanol–water partition coefficient (Wildman–Crippen LogP) is 2.43. The lowest BCUT2D eigenvalue weighted by Gasteiger charge is -2.42. The number of aromatic nitrogens is 5. The van der Waals surface area contributed by atoms with E-state index in [0.717, 1.165) is 65.4 Å². The lowest BCUT2D eigenvalue weighted by Crippen LogP contribution is -2.45. The van der Waals surface area contributed by atoms with E-state index in [1.54, 1.807) is 12.4 Å². The summed E-state index contributed by atoms with van der Waals surface area (Å²) in [6.07, 6.45) is 8.30. The normalized spacial score (nSPS) is 21.5. The molecule has 5 rings (SSSR count). The Balaban J connectivity index is 1.44. The third-order valence-electron chi connectivity index (χ3n) is 5.97. The Bertz CT molecular complexity index is 990. The number of halogens is 1. The Morgan fingerprint density at radius 3 is 2.73 bits per heavy atom. The van der Waals surface area contributed by atoms with Crippen LogP contribution in [0.25, 0.3) is 5.52 Å². The Kier molecular flexibility index (Phi) is 3.55. The van der Waals surface area contributed by atoms with Crippen molar-refractivity contribution in [3.8, 4) is 0 Å². The first kappa shape index (κ1) is 16.1. The van der Waals surface area contributed by atoms with Gasteiger partial charge in [0, 0.05) is 30.9 Å². The molecule has 0 radical (unpaired) electrons. The van der Waals surface area contributed by atoms with Crippen molar-refractivity contribution in [1.82, 2.24) is 24.6 Å². The summed E-state index contributed by atoms with van der Waals surface area (Å²) >= 11 is 3.58. The minimum absolute atomic E-state index is 0.0250. The van der Waals surface area contributed by atoms with Gasteiger partial charge in [-0.3, -0.25) is 9.97 Å². The molecule has 1 saturated heterocycles. The molecule has 2 aliphatic rings. The van der Waals surface area contributed by atoms with E-state index in [2.05, 4.69) is 35.9 Å². The predicted molar refractivity (Wildman–Crippen MR) is 102 cm³/mol. The van der Waals surface area contributed by atoms with Crippen molar-refractivity contribution in [2.45, 2.75) is 32.2 Å². The van der Waals surface area contributed by atoms with Crippen LogP contribution < -0.4 is 10.6 Å². The summed E-state index contributed by atoms with van der Waals surface area (Å²) in [5.41, 5.74) is 10.7. The van der Waals surface area contributed by atoms with Gasteiger partial charge in [-0.2, -0.15) is 5.10 Å². The number of fused-ring (bicyclic) bond motifs is 2. The molecule has 7 nitrogen and oxygen atoms in total. The summed E-state index contributed by atoms with van der Waals surface area (Å²) < 4.78 is 2.81. The molecule has 3 aromatic heterocycles. The van der Waals surface area contributed by atoms with E-state index < -0.39 is 0 Å². The topological polar surface area (TPSA) is 85.2 Å². The maximum Gasteiger partial charge on any atom is 0.155 e. The monoisotopic (exact) mass is 413 g/mol. The van der Waals surface area contributed by atoms with Gasteiger partial charge >= 0.3 is 0 Å². The van der Waals surface area contributed by atoms with Crippen LogP contribution in [0, 0.1) is 12.3 Å². The van der Waals surface area contributed by atoms with Crippen LogP contribution in [0.15, 0.2) is 29.3 Å². The zero-order valence-corrected chi connectivity index (χ0v) is 16.1. The number of piperidine rings is 1. The van der Waals surface area contributed by atoms with Gasteiger partial charge in [-0.25, -0.2) is 9.50 Å². The van der Waals surface area contributed by atoms with Crippen molar-refractivity contribution < 1.29 is 0 Å². The van der Waals surface area contributed by atoms with Gasteiger partial charge in [0.15, 0.2) is 5.82 Å². The van der Waals surface area contributed by atoms with Crippen LogP contribution in [-0.2, 0) is 6.42 Å². The summed E-state index contributed by atoms with van der Waals surface area (Å²) in [5, 5.41) is 4.41. The molecular formula is C18H20BrN7. The zero-order chi connectivity index (χ0) is 17.9.